The van der Waals surface area contributed by atoms with Crippen molar-refractivity contribution in [1.29, 1.82) is 0 Å². The summed E-state index contributed by atoms with van der Waals surface area (Å²) in [5, 5.41) is 10.1. The van der Waals surface area contributed by atoms with E-state index in [-0.39, 0.29) is 0 Å². The molecule has 100 valence electrons. The van der Waals surface area contributed by atoms with Crippen molar-refractivity contribution < 1.29 is 5.11 Å². The highest BCUT2D eigenvalue weighted by molar-refractivity contribution is 5.70. The van der Waals surface area contributed by atoms with Gasteiger partial charge in [-0.2, -0.15) is 0 Å². The Morgan fingerprint density at radius 2 is 1.74 bits per heavy atom. The van der Waals surface area contributed by atoms with Crippen molar-refractivity contribution in [2.75, 3.05) is 0 Å². The number of hydrogen-bond donors (Lipinski definition) is 1. The van der Waals surface area contributed by atoms with Crippen LogP contribution in [0, 0.1) is 0 Å². The van der Waals surface area contributed by atoms with Gasteiger partial charge in [0.25, 0.3) is 0 Å². The number of aromatic hydroxyl groups is 1. The molecule has 1 unspecified atom stereocenters. The molecule has 0 heterocycles. The molecule has 0 saturated carbocycles. The minimum Gasteiger partial charge on any atom is -0.507 e. The van der Waals surface area contributed by atoms with Crippen molar-refractivity contribution in [3.8, 4) is 16.9 Å². The van der Waals surface area contributed by atoms with Crippen molar-refractivity contribution in [3.05, 3.63) is 54.1 Å². The van der Waals surface area contributed by atoms with Crippen LogP contribution in [0.3, 0.4) is 0 Å². The predicted molar refractivity (Wildman–Crippen MR) is 81.5 cm³/mol. The van der Waals surface area contributed by atoms with Gasteiger partial charge in [0.2, 0.25) is 0 Å². The smallest absolute Gasteiger partial charge is 0.123 e. The largest absolute Gasteiger partial charge is 0.507 e. The summed E-state index contributed by atoms with van der Waals surface area (Å²) in [5.74, 6) is 0.953. The number of rotatable bonds is 5. The Labute approximate surface area is 115 Å². The Morgan fingerprint density at radius 3 is 2.37 bits per heavy atom. The molecule has 0 spiro atoms. The highest BCUT2D eigenvalue weighted by atomic mass is 16.3. The van der Waals surface area contributed by atoms with Crippen molar-refractivity contribution in [2.45, 2.75) is 39.0 Å². The lowest BCUT2D eigenvalue weighted by Gasteiger charge is -2.16. The summed E-state index contributed by atoms with van der Waals surface area (Å²) < 4.78 is 0. The second kappa shape index (κ2) is 6.42. The summed E-state index contributed by atoms with van der Waals surface area (Å²) in [4.78, 5) is 0. The third-order valence-corrected chi connectivity index (χ3v) is 3.71. The van der Waals surface area contributed by atoms with Crippen LogP contribution >= 0.6 is 0 Å². The Bertz CT molecular complexity index is 516. The van der Waals surface area contributed by atoms with Gasteiger partial charge >= 0.3 is 0 Å². The first-order valence-corrected chi connectivity index (χ1v) is 7.14. The molecule has 0 amide bonds. The maximum Gasteiger partial charge on any atom is 0.123 e. The van der Waals surface area contributed by atoms with Crippen LogP contribution in [0.15, 0.2) is 48.5 Å². The minimum absolute atomic E-state index is 0.362. The zero-order valence-corrected chi connectivity index (χ0v) is 11.8. The monoisotopic (exact) mass is 254 g/mol. The number of benzene rings is 2. The summed E-state index contributed by atoms with van der Waals surface area (Å²) in [6, 6.07) is 16.1. The third-order valence-electron chi connectivity index (χ3n) is 3.71. The normalized spacial score (nSPS) is 12.3. The van der Waals surface area contributed by atoms with Crippen LogP contribution in [0.5, 0.6) is 5.75 Å². The summed E-state index contributed by atoms with van der Waals surface area (Å²) in [6.07, 6.45) is 3.54. The molecule has 0 aliphatic rings. The van der Waals surface area contributed by atoms with E-state index in [4.69, 9.17) is 0 Å². The van der Waals surface area contributed by atoms with Gasteiger partial charge in [-0.05, 0) is 42.0 Å². The molecule has 0 aromatic heterocycles. The first kappa shape index (κ1) is 13.7. The zero-order chi connectivity index (χ0) is 13.7. The van der Waals surface area contributed by atoms with Crippen molar-refractivity contribution in [3.63, 3.8) is 0 Å². The molecule has 0 aliphatic heterocycles. The van der Waals surface area contributed by atoms with Crippen molar-refractivity contribution >= 4 is 0 Å². The third kappa shape index (κ3) is 3.17. The highest BCUT2D eigenvalue weighted by Crippen LogP contribution is 2.34. The van der Waals surface area contributed by atoms with E-state index in [9.17, 15) is 5.11 Å². The van der Waals surface area contributed by atoms with Gasteiger partial charge in [0.1, 0.15) is 5.75 Å². The maximum atomic E-state index is 10.1. The van der Waals surface area contributed by atoms with Gasteiger partial charge in [0.15, 0.2) is 0 Å². The van der Waals surface area contributed by atoms with E-state index in [0.29, 0.717) is 11.7 Å². The van der Waals surface area contributed by atoms with Gasteiger partial charge in [-0.3, -0.25) is 0 Å². The highest BCUT2D eigenvalue weighted by Gasteiger charge is 2.11. The van der Waals surface area contributed by atoms with Crippen LogP contribution < -0.4 is 0 Å². The van der Waals surface area contributed by atoms with Crippen molar-refractivity contribution in [2.24, 2.45) is 0 Å². The number of phenols is 1. The van der Waals surface area contributed by atoms with E-state index in [1.807, 2.05) is 36.4 Å². The van der Waals surface area contributed by atoms with Gasteiger partial charge in [0, 0.05) is 5.56 Å². The van der Waals surface area contributed by atoms with E-state index in [1.54, 1.807) is 0 Å². The fourth-order valence-electron chi connectivity index (χ4n) is 2.61. The molecule has 2 rings (SSSR count). The Balaban J connectivity index is 2.40. The second-order valence-corrected chi connectivity index (χ2v) is 5.04. The second-order valence-electron chi connectivity index (χ2n) is 5.04. The molecular formula is C18H22O. The van der Waals surface area contributed by atoms with E-state index >= 15 is 0 Å². The standard InChI is InChI=1S/C18H22O/c1-3-8-14(4-2)16-11-12-18(19)17(13-16)15-9-6-5-7-10-15/h5-7,9-14,19H,3-4,8H2,1-2H3. The van der Waals surface area contributed by atoms with Crippen LogP contribution in [0.4, 0.5) is 0 Å². The van der Waals surface area contributed by atoms with Crippen LogP contribution in [0.1, 0.15) is 44.6 Å². The van der Waals surface area contributed by atoms with Gasteiger partial charge < -0.3 is 5.11 Å². The van der Waals surface area contributed by atoms with Crippen LogP contribution in [0.25, 0.3) is 11.1 Å². The summed E-state index contributed by atoms with van der Waals surface area (Å²) in [5.41, 5.74) is 3.35. The van der Waals surface area contributed by atoms with E-state index in [2.05, 4.69) is 26.0 Å². The van der Waals surface area contributed by atoms with E-state index < -0.39 is 0 Å². The number of hydrogen-bond acceptors (Lipinski definition) is 1. The Kier molecular flexibility index (Phi) is 4.62. The first-order valence-electron chi connectivity index (χ1n) is 7.14. The average molecular weight is 254 g/mol. The molecule has 19 heavy (non-hydrogen) atoms. The lowest BCUT2D eigenvalue weighted by atomic mass is 9.89. The predicted octanol–water partition coefficient (Wildman–Crippen LogP) is 5.35. The van der Waals surface area contributed by atoms with Gasteiger partial charge in [-0.15, -0.1) is 0 Å². The first-order chi connectivity index (χ1) is 9.26. The fourth-order valence-corrected chi connectivity index (χ4v) is 2.61. The zero-order valence-electron chi connectivity index (χ0n) is 11.8. The topological polar surface area (TPSA) is 20.2 Å². The molecule has 2 aromatic carbocycles. The number of phenolic OH excluding ortho intramolecular Hbond substituents is 1. The molecule has 0 aliphatic carbocycles. The molecule has 1 N–H and O–H groups in total. The average Bonchev–Trinajstić information content (AvgIpc) is 2.46. The molecule has 0 saturated heterocycles. The lowest BCUT2D eigenvalue weighted by Crippen LogP contribution is -1.97. The summed E-state index contributed by atoms with van der Waals surface area (Å²) in [7, 11) is 0. The van der Waals surface area contributed by atoms with E-state index in [0.717, 1.165) is 17.5 Å². The molecule has 0 radical (unpaired) electrons. The molecule has 1 atom stereocenters. The van der Waals surface area contributed by atoms with Gasteiger partial charge in [0.05, 0.1) is 0 Å². The summed E-state index contributed by atoms with van der Waals surface area (Å²) >= 11 is 0. The lowest BCUT2D eigenvalue weighted by molar-refractivity contribution is 0.476. The van der Waals surface area contributed by atoms with Crippen LogP contribution in [0.2, 0.25) is 0 Å². The SMILES string of the molecule is CCCC(CC)c1ccc(O)c(-c2ccccc2)c1. The molecule has 0 fully saturated rings. The minimum atomic E-state index is 0.362. The molecule has 2 aromatic rings. The van der Waals surface area contributed by atoms with Crippen molar-refractivity contribution in [1.82, 2.24) is 0 Å². The molecule has 1 nitrogen and oxygen atoms in total. The summed E-state index contributed by atoms with van der Waals surface area (Å²) in [6.45, 7) is 4.45. The molecular weight excluding hydrogens is 232 g/mol. The fraction of sp³-hybridized carbons (Fsp3) is 0.333. The Hall–Kier alpha value is -1.76. The van der Waals surface area contributed by atoms with Gasteiger partial charge in [-0.1, -0.05) is 56.7 Å². The molecule has 0 bridgehead atoms. The quantitative estimate of drug-likeness (QED) is 0.762. The van der Waals surface area contributed by atoms with Gasteiger partial charge in [-0.25, -0.2) is 0 Å². The van der Waals surface area contributed by atoms with Crippen LogP contribution in [-0.2, 0) is 0 Å². The molecule has 1 heteroatoms. The Morgan fingerprint density at radius 1 is 1.00 bits per heavy atom. The maximum absolute atomic E-state index is 10.1. The van der Waals surface area contributed by atoms with Crippen LogP contribution in [-0.4, -0.2) is 5.11 Å². The van der Waals surface area contributed by atoms with E-state index in [1.165, 1.54) is 18.4 Å².